The second-order valence-corrected chi connectivity index (χ2v) is 4.89. The zero-order valence-corrected chi connectivity index (χ0v) is 10.8. The summed E-state index contributed by atoms with van der Waals surface area (Å²) in [6.45, 7) is 0. The monoisotopic (exact) mass is 276 g/mol. The Hall–Kier alpha value is -2.12. The minimum absolute atomic E-state index is 0.215. The Kier molecular flexibility index (Phi) is 4.32. The van der Waals surface area contributed by atoms with Crippen LogP contribution in [0.2, 0.25) is 0 Å². The number of anilines is 1. The first-order valence-corrected chi connectivity index (χ1v) is 6.40. The van der Waals surface area contributed by atoms with Gasteiger partial charge in [-0.25, -0.2) is 4.98 Å². The van der Waals surface area contributed by atoms with Gasteiger partial charge in [0.2, 0.25) is 5.91 Å². The van der Waals surface area contributed by atoms with Gasteiger partial charge >= 0.3 is 0 Å². The van der Waals surface area contributed by atoms with Crippen LogP contribution >= 0.6 is 11.3 Å². The van der Waals surface area contributed by atoms with Gasteiger partial charge in [0.15, 0.2) is 10.1 Å². The van der Waals surface area contributed by atoms with E-state index in [1.165, 1.54) is 6.20 Å². The standard InChI is InChI=1S/C12H12N4O2S/c13-9(6-8-4-2-1-3-5-8)11(17)15-12-14-7-10(16-18)19-12/h1-5,7,9H,6,13H2,(H,14,15,17)/t9-/m0/s1. The topological polar surface area (TPSA) is 97.4 Å². The summed E-state index contributed by atoms with van der Waals surface area (Å²) in [6.07, 6.45) is 1.74. The third-order valence-corrected chi connectivity index (χ3v) is 3.24. The fraction of sp³-hybridized carbons (Fsp3) is 0.167. The molecule has 6 nitrogen and oxygen atoms in total. The Morgan fingerprint density at radius 1 is 1.42 bits per heavy atom. The summed E-state index contributed by atoms with van der Waals surface area (Å²) < 4.78 is 0. The van der Waals surface area contributed by atoms with Crippen molar-refractivity contribution in [2.24, 2.45) is 10.9 Å². The zero-order chi connectivity index (χ0) is 13.7. The molecule has 1 aromatic carbocycles. The van der Waals surface area contributed by atoms with Crippen LogP contribution in [0.4, 0.5) is 10.1 Å². The fourth-order valence-electron chi connectivity index (χ4n) is 1.52. The van der Waals surface area contributed by atoms with E-state index in [0.717, 1.165) is 16.9 Å². The normalized spacial score (nSPS) is 11.8. The van der Waals surface area contributed by atoms with Crippen molar-refractivity contribution in [3.05, 3.63) is 47.0 Å². The molecule has 0 aliphatic heterocycles. The van der Waals surface area contributed by atoms with Crippen LogP contribution < -0.4 is 11.1 Å². The van der Waals surface area contributed by atoms with Gasteiger partial charge in [-0.05, 0) is 17.2 Å². The Morgan fingerprint density at radius 3 is 2.79 bits per heavy atom. The maximum atomic E-state index is 11.8. The van der Waals surface area contributed by atoms with Gasteiger partial charge in [0.05, 0.1) is 12.2 Å². The molecule has 0 fully saturated rings. The predicted octanol–water partition coefficient (Wildman–Crippen LogP) is 2.05. The first kappa shape index (κ1) is 13.3. The van der Waals surface area contributed by atoms with E-state index in [2.05, 4.69) is 15.5 Å². The van der Waals surface area contributed by atoms with Gasteiger partial charge in [-0.3, -0.25) is 4.79 Å². The number of nitrogens with zero attached hydrogens (tertiary/aromatic N) is 2. The summed E-state index contributed by atoms with van der Waals surface area (Å²) in [5, 5.41) is 5.83. The summed E-state index contributed by atoms with van der Waals surface area (Å²) in [7, 11) is 0. The summed E-state index contributed by atoms with van der Waals surface area (Å²) in [5.41, 5.74) is 6.80. The van der Waals surface area contributed by atoms with Crippen LogP contribution in [-0.4, -0.2) is 16.9 Å². The smallest absolute Gasteiger partial charge is 0.243 e. The molecule has 0 unspecified atom stereocenters. The van der Waals surface area contributed by atoms with E-state index >= 15 is 0 Å². The molecule has 3 N–H and O–H groups in total. The molecule has 7 heteroatoms. The second kappa shape index (κ2) is 6.17. The van der Waals surface area contributed by atoms with Gasteiger partial charge in [0.1, 0.15) is 0 Å². The lowest BCUT2D eigenvalue weighted by Gasteiger charge is -2.10. The number of thiazole rings is 1. The highest BCUT2D eigenvalue weighted by Crippen LogP contribution is 2.25. The molecule has 0 bridgehead atoms. The lowest BCUT2D eigenvalue weighted by molar-refractivity contribution is -0.117. The first-order chi connectivity index (χ1) is 9.19. The number of nitrogens with one attached hydrogen (secondary N) is 1. The maximum absolute atomic E-state index is 11.8. The van der Waals surface area contributed by atoms with E-state index in [0.29, 0.717) is 11.6 Å². The number of nitrogens with two attached hydrogens (primary N) is 1. The zero-order valence-electron chi connectivity index (χ0n) is 9.95. The molecule has 2 rings (SSSR count). The number of amides is 1. The summed E-state index contributed by atoms with van der Waals surface area (Å²) in [5.74, 6) is -0.337. The van der Waals surface area contributed by atoms with E-state index in [1.54, 1.807) is 0 Å². The molecule has 98 valence electrons. The second-order valence-electron chi connectivity index (χ2n) is 3.88. The van der Waals surface area contributed by atoms with Crippen LogP contribution in [0.5, 0.6) is 0 Å². The third-order valence-electron chi connectivity index (χ3n) is 2.45. The Bertz CT molecular complexity index is 570. The van der Waals surface area contributed by atoms with Crippen molar-refractivity contribution in [3.63, 3.8) is 0 Å². The number of rotatable bonds is 5. The van der Waals surface area contributed by atoms with Gasteiger partial charge in [0.25, 0.3) is 0 Å². The molecule has 1 atom stereocenters. The van der Waals surface area contributed by atoms with Crippen molar-refractivity contribution in [2.45, 2.75) is 12.5 Å². The molecule has 0 saturated carbocycles. The molecule has 0 radical (unpaired) electrons. The molecule has 2 aromatic rings. The van der Waals surface area contributed by atoms with Crippen LogP contribution in [0.25, 0.3) is 0 Å². The van der Waals surface area contributed by atoms with Crippen LogP contribution in [0.3, 0.4) is 0 Å². The molecule has 0 saturated heterocycles. The van der Waals surface area contributed by atoms with Crippen LogP contribution in [0.1, 0.15) is 5.56 Å². The lowest BCUT2D eigenvalue weighted by atomic mass is 10.1. The van der Waals surface area contributed by atoms with Gasteiger partial charge < -0.3 is 11.1 Å². The fourth-order valence-corrected chi connectivity index (χ4v) is 2.12. The Labute approximate surface area is 113 Å². The molecular formula is C12H12N4O2S. The maximum Gasteiger partial charge on any atom is 0.243 e. The van der Waals surface area contributed by atoms with E-state index in [1.807, 2.05) is 30.3 Å². The molecule has 1 aromatic heterocycles. The number of benzene rings is 1. The van der Waals surface area contributed by atoms with Gasteiger partial charge in [-0.15, -0.1) is 4.91 Å². The highest BCUT2D eigenvalue weighted by molar-refractivity contribution is 7.19. The highest BCUT2D eigenvalue weighted by Gasteiger charge is 2.15. The SMILES string of the molecule is N[C@@H](Cc1ccccc1)C(=O)Nc1ncc(N=O)s1. The first-order valence-electron chi connectivity index (χ1n) is 5.58. The number of aromatic nitrogens is 1. The molecule has 1 heterocycles. The minimum Gasteiger partial charge on any atom is -0.320 e. The quantitative estimate of drug-likeness (QED) is 0.816. The summed E-state index contributed by atoms with van der Waals surface area (Å²) in [4.78, 5) is 26.0. The van der Waals surface area contributed by atoms with Gasteiger partial charge in [-0.2, -0.15) is 0 Å². The summed E-state index contributed by atoms with van der Waals surface area (Å²) >= 11 is 1.01. The molecule has 0 spiro atoms. The van der Waals surface area contributed by atoms with Crippen molar-refractivity contribution in [1.29, 1.82) is 0 Å². The van der Waals surface area contributed by atoms with Crippen molar-refractivity contribution < 1.29 is 4.79 Å². The molecule has 19 heavy (non-hydrogen) atoms. The average molecular weight is 276 g/mol. The summed E-state index contributed by atoms with van der Waals surface area (Å²) in [6, 6.07) is 8.83. The van der Waals surface area contributed by atoms with E-state index < -0.39 is 6.04 Å². The largest absolute Gasteiger partial charge is 0.320 e. The Balaban J connectivity index is 1.94. The number of hydrogen-bond donors (Lipinski definition) is 2. The third kappa shape index (κ3) is 3.67. The molecule has 0 aliphatic rings. The number of hydrogen-bond acceptors (Lipinski definition) is 6. The van der Waals surface area contributed by atoms with Crippen LogP contribution in [0, 0.1) is 4.91 Å². The predicted molar refractivity (Wildman–Crippen MR) is 74.3 cm³/mol. The van der Waals surface area contributed by atoms with Crippen molar-refractivity contribution >= 4 is 27.4 Å². The van der Waals surface area contributed by atoms with E-state index in [-0.39, 0.29) is 10.9 Å². The van der Waals surface area contributed by atoms with Crippen molar-refractivity contribution in [1.82, 2.24) is 4.98 Å². The highest BCUT2D eigenvalue weighted by atomic mass is 32.1. The lowest BCUT2D eigenvalue weighted by Crippen LogP contribution is -2.37. The number of carbonyl (C=O) groups excluding carboxylic acids is 1. The molecule has 0 aliphatic carbocycles. The average Bonchev–Trinajstić information content (AvgIpc) is 2.87. The molecule has 1 amide bonds. The van der Waals surface area contributed by atoms with Gasteiger partial charge in [0, 0.05) is 0 Å². The van der Waals surface area contributed by atoms with Crippen molar-refractivity contribution in [3.8, 4) is 0 Å². The molecular weight excluding hydrogens is 264 g/mol. The Morgan fingerprint density at radius 2 is 2.16 bits per heavy atom. The number of nitroso groups, excluding NO2 is 1. The van der Waals surface area contributed by atoms with Crippen LogP contribution in [-0.2, 0) is 11.2 Å². The van der Waals surface area contributed by atoms with E-state index in [4.69, 9.17) is 5.73 Å². The van der Waals surface area contributed by atoms with Crippen molar-refractivity contribution in [2.75, 3.05) is 5.32 Å². The minimum atomic E-state index is -0.668. The van der Waals surface area contributed by atoms with Crippen LogP contribution in [0.15, 0.2) is 41.7 Å². The van der Waals surface area contributed by atoms with E-state index in [9.17, 15) is 9.70 Å². The van der Waals surface area contributed by atoms with Gasteiger partial charge in [-0.1, -0.05) is 41.7 Å². The number of carbonyl (C=O) groups is 1.